The van der Waals surface area contributed by atoms with Crippen molar-refractivity contribution >= 4 is 23.0 Å². The molecule has 1 heterocycles. The molecule has 20 heavy (non-hydrogen) atoms. The van der Waals surface area contributed by atoms with Gasteiger partial charge in [0.1, 0.15) is 0 Å². The molecule has 0 radical (unpaired) electrons. The molecular weight excluding hydrogens is 270 g/mol. The van der Waals surface area contributed by atoms with Crippen molar-refractivity contribution in [1.29, 1.82) is 0 Å². The number of carbonyl (C=O) groups is 1. The Morgan fingerprint density at radius 2 is 1.85 bits per heavy atom. The topological polar surface area (TPSA) is 38.3 Å². The van der Waals surface area contributed by atoms with Gasteiger partial charge in [0.25, 0.3) is 0 Å². The molecule has 1 aromatic carbocycles. The molecule has 0 bridgehead atoms. The van der Waals surface area contributed by atoms with Gasteiger partial charge in [-0.05, 0) is 56.5 Å². The van der Waals surface area contributed by atoms with Crippen LogP contribution in [0.4, 0.5) is 5.69 Å². The average Bonchev–Trinajstić information content (AvgIpc) is 2.92. The molecule has 0 aliphatic heterocycles. The minimum Gasteiger partial charge on any atom is -0.459 e. The zero-order valence-corrected chi connectivity index (χ0v) is 12.7. The summed E-state index contributed by atoms with van der Waals surface area (Å²) in [4.78, 5) is 13.0. The van der Waals surface area contributed by atoms with E-state index in [0.717, 1.165) is 5.69 Å². The first-order valence-electron chi connectivity index (χ1n) is 6.67. The second-order valence-corrected chi connectivity index (χ2v) is 5.89. The molecule has 1 unspecified atom stereocenters. The summed E-state index contributed by atoms with van der Waals surface area (Å²) in [7, 11) is 0. The highest BCUT2D eigenvalue weighted by atomic mass is 32.1. The monoisotopic (exact) mass is 289 g/mol. The van der Waals surface area contributed by atoms with Gasteiger partial charge in [-0.3, -0.25) is 0 Å². The molecule has 2 rings (SSSR count). The molecule has 1 aromatic heterocycles. The van der Waals surface area contributed by atoms with Crippen LogP contribution in [0.3, 0.4) is 0 Å². The molecule has 0 aliphatic rings. The molecule has 4 heteroatoms. The van der Waals surface area contributed by atoms with E-state index in [4.69, 9.17) is 4.74 Å². The summed E-state index contributed by atoms with van der Waals surface area (Å²) < 4.78 is 5.16. The zero-order chi connectivity index (χ0) is 14.5. The lowest BCUT2D eigenvalue weighted by atomic mass is 10.2. The number of thiophene rings is 1. The van der Waals surface area contributed by atoms with Gasteiger partial charge in [-0.15, -0.1) is 11.3 Å². The van der Waals surface area contributed by atoms with Crippen molar-refractivity contribution in [2.45, 2.75) is 32.9 Å². The minimum absolute atomic E-state index is 0.0980. The molecule has 0 amide bonds. The van der Waals surface area contributed by atoms with Crippen LogP contribution in [-0.4, -0.2) is 12.1 Å². The summed E-state index contributed by atoms with van der Waals surface area (Å²) in [5, 5.41) is 5.48. The first-order valence-corrected chi connectivity index (χ1v) is 7.55. The van der Waals surface area contributed by atoms with Gasteiger partial charge in [0.05, 0.1) is 17.7 Å². The quantitative estimate of drug-likeness (QED) is 0.824. The zero-order valence-electron chi connectivity index (χ0n) is 11.9. The third-order valence-corrected chi connectivity index (χ3v) is 3.87. The summed E-state index contributed by atoms with van der Waals surface area (Å²) in [6.45, 7) is 5.81. The Balaban J connectivity index is 1.99. The van der Waals surface area contributed by atoms with E-state index in [-0.39, 0.29) is 18.1 Å². The Bertz CT molecular complexity index is 546. The van der Waals surface area contributed by atoms with Crippen LogP contribution in [-0.2, 0) is 4.74 Å². The normalized spacial score (nSPS) is 12.2. The maximum Gasteiger partial charge on any atom is 0.338 e. The van der Waals surface area contributed by atoms with E-state index in [1.54, 1.807) is 23.5 Å². The smallest absolute Gasteiger partial charge is 0.338 e. The maximum absolute atomic E-state index is 11.7. The van der Waals surface area contributed by atoms with Gasteiger partial charge >= 0.3 is 5.97 Å². The van der Waals surface area contributed by atoms with E-state index in [1.165, 1.54) is 4.88 Å². The van der Waals surface area contributed by atoms with Crippen LogP contribution in [0.1, 0.15) is 42.0 Å². The minimum atomic E-state index is -0.280. The number of nitrogens with one attached hydrogen (secondary N) is 1. The van der Waals surface area contributed by atoms with E-state index in [0.29, 0.717) is 5.56 Å². The highest BCUT2D eigenvalue weighted by Gasteiger charge is 2.10. The number of hydrogen-bond acceptors (Lipinski definition) is 4. The summed E-state index contributed by atoms with van der Waals surface area (Å²) in [6.07, 6.45) is -0.0980. The van der Waals surface area contributed by atoms with E-state index >= 15 is 0 Å². The predicted octanol–water partition coefficient (Wildman–Crippen LogP) is 4.49. The highest BCUT2D eigenvalue weighted by molar-refractivity contribution is 7.10. The largest absolute Gasteiger partial charge is 0.459 e. The summed E-state index contributed by atoms with van der Waals surface area (Å²) in [5.41, 5.74) is 1.57. The number of benzene rings is 1. The maximum atomic E-state index is 11.7. The molecule has 0 saturated heterocycles. The van der Waals surface area contributed by atoms with Gasteiger partial charge in [-0.1, -0.05) is 6.07 Å². The van der Waals surface area contributed by atoms with Gasteiger partial charge < -0.3 is 10.1 Å². The van der Waals surface area contributed by atoms with Crippen molar-refractivity contribution in [2.75, 3.05) is 5.32 Å². The van der Waals surface area contributed by atoms with Crippen molar-refractivity contribution in [3.05, 3.63) is 52.2 Å². The number of rotatable bonds is 5. The molecule has 3 nitrogen and oxygen atoms in total. The lowest BCUT2D eigenvalue weighted by molar-refractivity contribution is 0.0378. The standard InChI is InChI=1S/C16H19NO2S/c1-11(2)19-16(18)13-6-8-14(9-7-13)17-12(3)15-5-4-10-20-15/h4-12,17H,1-3H3. The average molecular weight is 289 g/mol. The molecule has 106 valence electrons. The first-order chi connectivity index (χ1) is 9.56. The van der Waals surface area contributed by atoms with Gasteiger partial charge in [-0.25, -0.2) is 4.79 Å². The van der Waals surface area contributed by atoms with Crippen LogP contribution in [0, 0.1) is 0 Å². The molecule has 0 aliphatic carbocycles. The first kappa shape index (κ1) is 14.6. The van der Waals surface area contributed by atoms with Crippen LogP contribution in [0.2, 0.25) is 0 Å². The van der Waals surface area contributed by atoms with Gasteiger partial charge in [-0.2, -0.15) is 0 Å². The van der Waals surface area contributed by atoms with Crippen molar-refractivity contribution in [1.82, 2.24) is 0 Å². The Morgan fingerprint density at radius 3 is 2.40 bits per heavy atom. The third kappa shape index (κ3) is 3.84. The summed E-state index contributed by atoms with van der Waals surface area (Å²) in [6, 6.07) is 11.8. The number of carbonyl (C=O) groups excluding carboxylic acids is 1. The van der Waals surface area contributed by atoms with Gasteiger partial charge in [0.2, 0.25) is 0 Å². The molecular formula is C16H19NO2S. The Labute approximate surface area is 123 Å². The van der Waals surface area contributed by atoms with E-state index in [2.05, 4.69) is 23.7 Å². The number of esters is 1. The van der Waals surface area contributed by atoms with Gasteiger partial charge in [0.15, 0.2) is 0 Å². The predicted molar refractivity (Wildman–Crippen MR) is 83.4 cm³/mol. The van der Waals surface area contributed by atoms with Crippen LogP contribution in [0.25, 0.3) is 0 Å². The van der Waals surface area contributed by atoms with Crippen molar-refractivity contribution < 1.29 is 9.53 Å². The molecule has 0 saturated carbocycles. The second-order valence-electron chi connectivity index (χ2n) is 4.91. The van der Waals surface area contributed by atoms with Gasteiger partial charge in [0, 0.05) is 10.6 Å². The fourth-order valence-corrected chi connectivity index (χ4v) is 2.58. The Kier molecular flexibility index (Phi) is 4.79. The van der Waals surface area contributed by atoms with Crippen LogP contribution in [0.5, 0.6) is 0 Å². The number of hydrogen-bond donors (Lipinski definition) is 1. The highest BCUT2D eigenvalue weighted by Crippen LogP contribution is 2.23. The van der Waals surface area contributed by atoms with Crippen LogP contribution in [0.15, 0.2) is 41.8 Å². The summed E-state index contributed by atoms with van der Waals surface area (Å²) >= 11 is 1.73. The van der Waals surface area contributed by atoms with Crippen LogP contribution < -0.4 is 5.32 Å². The number of ether oxygens (including phenoxy) is 1. The SMILES string of the molecule is CC(C)OC(=O)c1ccc(NC(C)c2cccs2)cc1. The van der Waals surface area contributed by atoms with Crippen molar-refractivity contribution in [3.63, 3.8) is 0 Å². The lowest BCUT2D eigenvalue weighted by Gasteiger charge is -2.14. The Hall–Kier alpha value is -1.81. The number of anilines is 1. The molecule has 0 spiro atoms. The van der Waals surface area contributed by atoms with E-state index < -0.39 is 0 Å². The fraction of sp³-hybridized carbons (Fsp3) is 0.312. The Morgan fingerprint density at radius 1 is 1.15 bits per heavy atom. The third-order valence-electron chi connectivity index (χ3n) is 2.82. The molecule has 1 N–H and O–H groups in total. The molecule has 2 aromatic rings. The second kappa shape index (κ2) is 6.57. The van der Waals surface area contributed by atoms with Crippen molar-refractivity contribution in [2.24, 2.45) is 0 Å². The molecule has 1 atom stereocenters. The van der Waals surface area contributed by atoms with E-state index in [9.17, 15) is 4.79 Å². The van der Waals surface area contributed by atoms with E-state index in [1.807, 2.05) is 32.0 Å². The van der Waals surface area contributed by atoms with Crippen LogP contribution >= 0.6 is 11.3 Å². The van der Waals surface area contributed by atoms with Crippen molar-refractivity contribution in [3.8, 4) is 0 Å². The molecule has 0 fully saturated rings. The summed E-state index contributed by atoms with van der Waals surface area (Å²) in [5.74, 6) is -0.280. The lowest BCUT2D eigenvalue weighted by Crippen LogP contribution is -2.11. The fourth-order valence-electron chi connectivity index (χ4n) is 1.84.